The van der Waals surface area contributed by atoms with Crippen LogP contribution in [-0.2, 0) is 13.3 Å². The van der Waals surface area contributed by atoms with Crippen LogP contribution in [0, 0.1) is 0 Å². The number of aromatic nitrogens is 3. The van der Waals surface area contributed by atoms with E-state index in [-0.39, 0.29) is 16.9 Å². The molecular formula is C12H9F2N3O. The van der Waals surface area contributed by atoms with Gasteiger partial charge >= 0.3 is 0 Å². The lowest BCUT2D eigenvalue weighted by atomic mass is 9.99. The molecule has 0 aliphatic heterocycles. The minimum atomic E-state index is -0.834. The van der Waals surface area contributed by atoms with Crippen LogP contribution in [0.2, 0.25) is 0 Å². The molecule has 2 heterocycles. The van der Waals surface area contributed by atoms with E-state index in [2.05, 4.69) is 15.2 Å². The molecule has 0 spiro atoms. The molecule has 0 fully saturated rings. The fourth-order valence-corrected chi connectivity index (χ4v) is 2.17. The Kier molecular flexibility index (Phi) is 2.36. The van der Waals surface area contributed by atoms with E-state index in [1.165, 1.54) is 18.5 Å². The van der Waals surface area contributed by atoms with Crippen molar-refractivity contribution < 1.29 is 13.9 Å². The Hall–Kier alpha value is -2.24. The third kappa shape index (κ3) is 1.35. The molecule has 1 aromatic carbocycles. The lowest BCUT2D eigenvalue weighted by molar-refractivity contribution is 0.432. The molecule has 2 N–H and O–H groups in total. The van der Waals surface area contributed by atoms with Crippen molar-refractivity contribution in [1.29, 1.82) is 0 Å². The minimum Gasteiger partial charge on any atom is -0.508 e. The number of rotatable bonds is 2. The fraction of sp³-hybridized carbons (Fsp3) is 0.167. The van der Waals surface area contributed by atoms with Gasteiger partial charge in [0.1, 0.15) is 19.1 Å². The molecule has 2 aromatic heterocycles. The van der Waals surface area contributed by atoms with Gasteiger partial charge < -0.3 is 5.11 Å². The summed E-state index contributed by atoms with van der Waals surface area (Å²) >= 11 is 0. The highest BCUT2D eigenvalue weighted by atomic mass is 19.1. The molecule has 92 valence electrons. The Balaban J connectivity index is 2.58. The number of phenolic OH excluding ortho intramolecular Hbond substituents is 1. The summed E-state index contributed by atoms with van der Waals surface area (Å²) in [5, 5.41) is 17.8. The number of aromatic amines is 1. The van der Waals surface area contributed by atoms with Gasteiger partial charge in [-0.3, -0.25) is 5.10 Å². The first-order valence-corrected chi connectivity index (χ1v) is 5.33. The lowest BCUT2D eigenvalue weighted by Crippen LogP contribution is -1.92. The molecule has 0 amide bonds. The standard InChI is InChI=1S/C12H9F2N3O/c13-2-6-1-10(18)7(3-14)11-8(6)4-15-12-9(11)5-16-17-12/h1,4-5,18H,2-3H2,(H,15,16,17). The summed E-state index contributed by atoms with van der Waals surface area (Å²) in [6.45, 7) is -1.58. The van der Waals surface area contributed by atoms with Gasteiger partial charge in [0.15, 0.2) is 5.65 Å². The summed E-state index contributed by atoms with van der Waals surface area (Å²) in [6.07, 6.45) is 2.95. The van der Waals surface area contributed by atoms with Gasteiger partial charge in [-0.2, -0.15) is 5.10 Å². The maximum absolute atomic E-state index is 13.1. The van der Waals surface area contributed by atoms with Crippen molar-refractivity contribution in [2.45, 2.75) is 13.3 Å². The molecule has 0 unspecified atom stereocenters. The number of aromatic hydroxyl groups is 1. The van der Waals surface area contributed by atoms with Crippen LogP contribution >= 0.6 is 0 Å². The number of hydrogen-bond donors (Lipinski definition) is 2. The van der Waals surface area contributed by atoms with E-state index < -0.39 is 13.3 Å². The smallest absolute Gasteiger partial charge is 0.155 e. The van der Waals surface area contributed by atoms with Crippen LogP contribution in [0.25, 0.3) is 21.8 Å². The molecule has 0 bridgehead atoms. The van der Waals surface area contributed by atoms with E-state index in [1.54, 1.807) is 0 Å². The molecule has 0 radical (unpaired) electrons. The van der Waals surface area contributed by atoms with Crippen LogP contribution in [0.1, 0.15) is 11.1 Å². The van der Waals surface area contributed by atoms with Gasteiger partial charge in [0.2, 0.25) is 0 Å². The second kappa shape index (κ2) is 3.90. The summed E-state index contributed by atoms with van der Waals surface area (Å²) in [4.78, 5) is 4.09. The van der Waals surface area contributed by atoms with E-state index in [0.717, 1.165) is 0 Å². The Labute approximate surface area is 100 Å². The van der Waals surface area contributed by atoms with Gasteiger partial charge in [0.05, 0.1) is 6.20 Å². The molecule has 4 nitrogen and oxygen atoms in total. The second-order valence-electron chi connectivity index (χ2n) is 3.98. The third-order valence-electron chi connectivity index (χ3n) is 3.03. The van der Waals surface area contributed by atoms with E-state index in [1.807, 2.05) is 0 Å². The van der Waals surface area contributed by atoms with Crippen LogP contribution in [0.3, 0.4) is 0 Å². The van der Waals surface area contributed by atoms with Crippen LogP contribution in [0.4, 0.5) is 8.78 Å². The van der Waals surface area contributed by atoms with Crippen molar-refractivity contribution in [2.24, 2.45) is 0 Å². The van der Waals surface area contributed by atoms with E-state index in [9.17, 15) is 13.9 Å². The van der Waals surface area contributed by atoms with Crippen LogP contribution in [0.15, 0.2) is 18.5 Å². The average molecular weight is 249 g/mol. The summed E-state index contributed by atoms with van der Waals surface area (Å²) in [5.74, 6) is -0.244. The topological polar surface area (TPSA) is 61.8 Å². The Bertz CT molecular complexity index is 739. The van der Waals surface area contributed by atoms with E-state index in [4.69, 9.17) is 0 Å². The molecular weight excluding hydrogens is 240 g/mol. The van der Waals surface area contributed by atoms with Crippen molar-refractivity contribution >= 4 is 21.8 Å². The summed E-state index contributed by atoms with van der Waals surface area (Å²) in [6, 6.07) is 1.24. The van der Waals surface area contributed by atoms with Crippen molar-refractivity contribution in [3.8, 4) is 5.75 Å². The maximum Gasteiger partial charge on any atom is 0.155 e. The molecule has 6 heteroatoms. The minimum absolute atomic E-state index is 0.135. The predicted molar refractivity (Wildman–Crippen MR) is 62.7 cm³/mol. The number of phenols is 1. The molecule has 0 saturated heterocycles. The van der Waals surface area contributed by atoms with Crippen molar-refractivity contribution in [1.82, 2.24) is 15.2 Å². The first-order valence-electron chi connectivity index (χ1n) is 5.33. The third-order valence-corrected chi connectivity index (χ3v) is 3.03. The van der Waals surface area contributed by atoms with Gasteiger partial charge in [0, 0.05) is 27.9 Å². The first kappa shape index (κ1) is 10.9. The summed E-state index contributed by atoms with van der Waals surface area (Å²) in [5.41, 5.74) is 0.902. The normalized spacial score (nSPS) is 11.4. The number of nitrogens with zero attached hydrogens (tertiary/aromatic N) is 2. The highest BCUT2D eigenvalue weighted by molar-refractivity contribution is 6.07. The fourth-order valence-electron chi connectivity index (χ4n) is 2.17. The molecule has 18 heavy (non-hydrogen) atoms. The van der Waals surface area contributed by atoms with Gasteiger partial charge in [-0.25, -0.2) is 13.8 Å². The Morgan fingerprint density at radius 1 is 1.17 bits per heavy atom. The lowest BCUT2D eigenvalue weighted by Gasteiger charge is -2.10. The van der Waals surface area contributed by atoms with Crippen molar-refractivity contribution in [3.05, 3.63) is 29.6 Å². The molecule has 0 atom stereocenters. The number of nitrogens with one attached hydrogen (secondary N) is 1. The summed E-state index contributed by atoms with van der Waals surface area (Å²) in [7, 11) is 0. The molecule has 0 aliphatic carbocycles. The number of pyridine rings is 1. The highest BCUT2D eigenvalue weighted by Gasteiger charge is 2.15. The van der Waals surface area contributed by atoms with Crippen molar-refractivity contribution in [3.63, 3.8) is 0 Å². The summed E-state index contributed by atoms with van der Waals surface area (Å²) < 4.78 is 26.0. The molecule has 3 aromatic rings. The molecule has 3 rings (SSSR count). The number of alkyl halides is 2. The van der Waals surface area contributed by atoms with Crippen LogP contribution in [-0.4, -0.2) is 20.3 Å². The largest absolute Gasteiger partial charge is 0.508 e. The van der Waals surface area contributed by atoms with E-state index in [0.29, 0.717) is 21.8 Å². The highest BCUT2D eigenvalue weighted by Crippen LogP contribution is 2.35. The van der Waals surface area contributed by atoms with Gasteiger partial charge in [0.25, 0.3) is 0 Å². The Morgan fingerprint density at radius 3 is 2.72 bits per heavy atom. The number of H-pyrrole nitrogens is 1. The SMILES string of the molecule is Oc1cc(CF)c2cnc3[nH]ncc3c2c1CF. The second-order valence-corrected chi connectivity index (χ2v) is 3.98. The first-order chi connectivity index (χ1) is 8.76. The van der Waals surface area contributed by atoms with Crippen LogP contribution in [0.5, 0.6) is 5.75 Å². The molecule has 0 saturated carbocycles. The number of benzene rings is 1. The van der Waals surface area contributed by atoms with Gasteiger partial charge in [-0.05, 0) is 11.6 Å². The van der Waals surface area contributed by atoms with E-state index >= 15 is 0 Å². The molecule has 0 aliphatic rings. The maximum atomic E-state index is 13.1. The quantitative estimate of drug-likeness (QED) is 0.734. The van der Waals surface area contributed by atoms with Gasteiger partial charge in [-0.1, -0.05) is 0 Å². The van der Waals surface area contributed by atoms with Crippen LogP contribution < -0.4 is 0 Å². The van der Waals surface area contributed by atoms with Gasteiger partial charge in [-0.15, -0.1) is 0 Å². The average Bonchev–Trinajstić information content (AvgIpc) is 2.86. The monoisotopic (exact) mass is 249 g/mol. The van der Waals surface area contributed by atoms with Crippen molar-refractivity contribution in [2.75, 3.05) is 0 Å². The number of fused-ring (bicyclic) bond motifs is 3. The predicted octanol–water partition coefficient (Wildman–Crippen LogP) is 2.76. The zero-order valence-corrected chi connectivity index (χ0v) is 9.24. The number of hydrogen-bond acceptors (Lipinski definition) is 3. The zero-order valence-electron chi connectivity index (χ0n) is 9.24. The Morgan fingerprint density at radius 2 is 2.00 bits per heavy atom. The zero-order chi connectivity index (χ0) is 12.7. The number of halogens is 2.